The van der Waals surface area contributed by atoms with Gasteiger partial charge in [0.1, 0.15) is 0 Å². The lowest BCUT2D eigenvalue weighted by molar-refractivity contribution is -0.136. The molecule has 0 radical (unpaired) electrons. The zero-order chi connectivity index (χ0) is 16.9. The Bertz CT molecular complexity index is 663. The van der Waals surface area contributed by atoms with Crippen molar-refractivity contribution in [1.82, 2.24) is 14.7 Å². The van der Waals surface area contributed by atoms with Gasteiger partial charge in [-0.3, -0.25) is 9.48 Å². The van der Waals surface area contributed by atoms with Crippen molar-refractivity contribution in [2.45, 2.75) is 43.4 Å². The molecule has 1 aromatic carbocycles. The van der Waals surface area contributed by atoms with E-state index in [4.69, 9.17) is 0 Å². The summed E-state index contributed by atoms with van der Waals surface area (Å²) in [5, 5.41) is 4.80. The van der Waals surface area contributed by atoms with E-state index in [0.717, 1.165) is 25.9 Å². The maximum Gasteiger partial charge on any atom is 0.227 e. The van der Waals surface area contributed by atoms with Crippen LogP contribution in [0.15, 0.2) is 47.6 Å². The predicted molar refractivity (Wildman–Crippen MR) is 98.0 cm³/mol. The van der Waals surface area contributed by atoms with Crippen LogP contribution in [0, 0.1) is 12.8 Å². The van der Waals surface area contributed by atoms with Gasteiger partial charge < -0.3 is 4.90 Å². The topological polar surface area (TPSA) is 38.1 Å². The summed E-state index contributed by atoms with van der Waals surface area (Å²) in [6.07, 6.45) is 5.80. The van der Waals surface area contributed by atoms with Gasteiger partial charge in [0.2, 0.25) is 5.91 Å². The molecule has 1 atom stereocenters. The standard InChI is InChI=1S/C19H25N3OS/c1-15-5-3-6-18(13-15)24-17-7-11-21(12-8-17)19(23)16(2)14-22-10-4-9-20-22/h3-6,9-10,13,16-17H,7-8,11-12,14H2,1-2H3/t16-/m0/s1. The third-order valence-electron chi connectivity index (χ3n) is 4.49. The highest BCUT2D eigenvalue weighted by atomic mass is 32.2. The predicted octanol–water partition coefficient (Wildman–Crippen LogP) is 3.61. The molecular formula is C19H25N3OS. The fourth-order valence-electron chi connectivity index (χ4n) is 3.15. The van der Waals surface area contributed by atoms with E-state index in [1.807, 2.05) is 40.5 Å². The van der Waals surface area contributed by atoms with E-state index in [1.165, 1.54) is 10.5 Å². The van der Waals surface area contributed by atoms with Gasteiger partial charge in [0, 0.05) is 35.6 Å². The van der Waals surface area contributed by atoms with Crippen molar-refractivity contribution in [2.24, 2.45) is 5.92 Å². The molecule has 3 rings (SSSR count). The minimum Gasteiger partial charge on any atom is -0.342 e. The maximum atomic E-state index is 12.6. The van der Waals surface area contributed by atoms with E-state index in [2.05, 4.69) is 36.3 Å². The summed E-state index contributed by atoms with van der Waals surface area (Å²) in [6.45, 7) is 6.52. The molecule has 0 aliphatic carbocycles. The second-order valence-corrected chi connectivity index (χ2v) is 7.96. The number of amides is 1. The average Bonchev–Trinajstić information content (AvgIpc) is 3.08. The molecule has 5 heteroatoms. The van der Waals surface area contributed by atoms with Crippen molar-refractivity contribution in [2.75, 3.05) is 13.1 Å². The van der Waals surface area contributed by atoms with Crippen LogP contribution in [-0.4, -0.2) is 38.9 Å². The molecule has 1 fully saturated rings. The SMILES string of the molecule is Cc1cccc(SC2CCN(C(=O)[C@@H](C)Cn3cccn3)CC2)c1. The molecule has 128 valence electrons. The number of carbonyl (C=O) groups excluding carboxylic acids is 1. The molecule has 1 aliphatic heterocycles. The van der Waals surface area contributed by atoms with Crippen LogP contribution in [0.2, 0.25) is 0 Å². The normalized spacial score (nSPS) is 17.0. The fraction of sp³-hybridized carbons (Fsp3) is 0.474. The Morgan fingerprint density at radius 3 is 2.79 bits per heavy atom. The Morgan fingerprint density at radius 2 is 2.12 bits per heavy atom. The van der Waals surface area contributed by atoms with E-state index in [-0.39, 0.29) is 11.8 Å². The summed E-state index contributed by atoms with van der Waals surface area (Å²) in [4.78, 5) is 16.0. The minimum absolute atomic E-state index is 0.0223. The molecule has 0 N–H and O–H groups in total. The van der Waals surface area contributed by atoms with Gasteiger partial charge in [-0.15, -0.1) is 11.8 Å². The number of nitrogens with zero attached hydrogens (tertiary/aromatic N) is 3. The lowest BCUT2D eigenvalue weighted by atomic mass is 10.1. The average molecular weight is 343 g/mol. The second-order valence-electron chi connectivity index (χ2n) is 6.59. The Morgan fingerprint density at radius 1 is 1.33 bits per heavy atom. The number of thioether (sulfide) groups is 1. The van der Waals surface area contributed by atoms with Gasteiger partial charge in [-0.05, 0) is 38.0 Å². The van der Waals surface area contributed by atoms with Crippen molar-refractivity contribution in [3.63, 3.8) is 0 Å². The minimum atomic E-state index is -0.0223. The molecule has 24 heavy (non-hydrogen) atoms. The first-order chi connectivity index (χ1) is 11.6. The van der Waals surface area contributed by atoms with Gasteiger partial charge >= 0.3 is 0 Å². The van der Waals surface area contributed by atoms with Crippen LogP contribution < -0.4 is 0 Å². The zero-order valence-electron chi connectivity index (χ0n) is 14.4. The molecule has 0 unspecified atom stereocenters. The number of hydrogen-bond donors (Lipinski definition) is 0. The van der Waals surface area contributed by atoms with Crippen LogP contribution in [0.4, 0.5) is 0 Å². The Hall–Kier alpha value is -1.75. The number of hydrogen-bond acceptors (Lipinski definition) is 3. The summed E-state index contributed by atoms with van der Waals surface area (Å²) in [5.41, 5.74) is 1.31. The van der Waals surface area contributed by atoms with Crippen molar-refractivity contribution in [3.8, 4) is 0 Å². The van der Waals surface area contributed by atoms with Crippen LogP contribution in [0.5, 0.6) is 0 Å². The molecule has 1 amide bonds. The lowest BCUT2D eigenvalue weighted by Crippen LogP contribution is -2.42. The van der Waals surface area contributed by atoms with Crippen LogP contribution in [-0.2, 0) is 11.3 Å². The van der Waals surface area contributed by atoms with E-state index in [9.17, 15) is 4.79 Å². The van der Waals surface area contributed by atoms with E-state index in [1.54, 1.807) is 6.20 Å². The lowest BCUT2D eigenvalue weighted by Gasteiger charge is -2.33. The highest BCUT2D eigenvalue weighted by Gasteiger charge is 2.26. The molecule has 2 heterocycles. The van der Waals surface area contributed by atoms with Crippen molar-refractivity contribution < 1.29 is 4.79 Å². The van der Waals surface area contributed by atoms with Crippen LogP contribution >= 0.6 is 11.8 Å². The molecule has 1 aromatic heterocycles. The fourth-order valence-corrected chi connectivity index (χ4v) is 4.40. The Kier molecular flexibility index (Phi) is 5.61. The number of aromatic nitrogens is 2. The summed E-state index contributed by atoms with van der Waals surface area (Å²) in [6, 6.07) is 10.6. The highest BCUT2D eigenvalue weighted by molar-refractivity contribution is 8.00. The van der Waals surface area contributed by atoms with Gasteiger partial charge in [-0.25, -0.2) is 0 Å². The summed E-state index contributed by atoms with van der Waals surface area (Å²) >= 11 is 1.95. The van der Waals surface area contributed by atoms with Crippen LogP contribution in [0.1, 0.15) is 25.3 Å². The van der Waals surface area contributed by atoms with E-state index >= 15 is 0 Å². The molecule has 1 aliphatic rings. The van der Waals surface area contributed by atoms with Gasteiger partial charge in [-0.2, -0.15) is 5.10 Å². The molecule has 0 bridgehead atoms. The number of aryl methyl sites for hydroxylation is 1. The summed E-state index contributed by atoms with van der Waals surface area (Å²) in [5.74, 6) is 0.232. The molecule has 2 aromatic rings. The first-order valence-electron chi connectivity index (χ1n) is 8.61. The van der Waals surface area contributed by atoms with Crippen LogP contribution in [0.3, 0.4) is 0 Å². The maximum absolute atomic E-state index is 12.6. The Labute approximate surface area is 148 Å². The number of likely N-dealkylation sites (tertiary alicyclic amines) is 1. The monoisotopic (exact) mass is 343 g/mol. The van der Waals surface area contributed by atoms with Gasteiger partial charge in [0.15, 0.2) is 0 Å². The summed E-state index contributed by atoms with van der Waals surface area (Å²) < 4.78 is 1.84. The van der Waals surface area contributed by atoms with Crippen molar-refractivity contribution >= 4 is 17.7 Å². The van der Waals surface area contributed by atoms with Crippen molar-refractivity contribution in [1.29, 1.82) is 0 Å². The van der Waals surface area contributed by atoms with E-state index < -0.39 is 0 Å². The van der Waals surface area contributed by atoms with Gasteiger partial charge in [-0.1, -0.05) is 24.6 Å². The zero-order valence-corrected chi connectivity index (χ0v) is 15.2. The third kappa shape index (κ3) is 4.41. The summed E-state index contributed by atoms with van der Waals surface area (Å²) in [7, 11) is 0. The number of benzene rings is 1. The largest absolute Gasteiger partial charge is 0.342 e. The number of rotatable bonds is 5. The molecule has 0 saturated carbocycles. The molecule has 1 saturated heterocycles. The molecule has 4 nitrogen and oxygen atoms in total. The van der Waals surface area contributed by atoms with Gasteiger partial charge in [0.25, 0.3) is 0 Å². The second kappa shape index (κ2) is 7.88. The van der Waals surface area contributed by atoms with Crippen molar-refractivity contribution in [3.05, 3.63) is 48.3 Å². The first-order valence-corrected chi connectivity index (χ1v) is 9.49. The smallest absolute Gasteiger partial charge is 0.227 e. The highest BCUT2D eigenvalue weighted by Crippen LogP contribution is 2.31. The quantitative estimate of drug-likeness (QED) is 0.832. The first kappa shape index (κ1) is 17.1. The number of carbonyl (C=O) groups is 1. The number of piperidine rings is 1. The molecule has 0 spiro atoms. The van der Waals surface area contributed by atoms with Crippen LogP contribution in [0.25, 0.3) is 0 Å². The van der Waals surface area contributed by atoms with Gasteiger partial charge in [0.05, 0.1) is 12.5 Å². The third-order valence-corrected chi connectivity index (χ3v) is 5.82. The van der Waals surface area contributed by atoms with E-state index in [0.29, 0.717) is 11.8 Å². The Balaban J connectivity index is 1.48. The molecular weight excluding hydrogens is 318 g/mol.